The Hall–Kier alpha value is -0.680. The van der Waals surface area contributed by atoms with Crippen molar-refractivity contribution in [1.29, 1.82) is 0 Å². The Morgan fingerprint density at radius 2 is 2.26 bits per heavy atom. The first-order chi connectivity index (χ1) is 9.02. The third-order valence-electron chi connectivity index (χ3n) is 3.51. The topological polar surface area (TPSA) is 46.9 Å². The number of aromatic nitrogens is 2. The average molecular weight is 302 g/mol. The molecule has 1 aromatic heterocycles. The lowest BCUT2D eigenvalue weighted by atomic mass is 10.2. The van der Waals surface area contributed by atoms with Gasteiger partial charge in [0.1, 0.15) is 5.02 Å². The second-order valence-corrected chi connectivity index (χ2v) is 6.74. The highest BCUT2D eigenvalue weighted by Gasteiger charge is 2.24. The van der Waals surface area contributed by atoms with E-state index in [1.54, 1.807) is 6.20 Å². The molecule has 1 aliphatic rings. The van der Waals surface area contributed by atoms with Crippen LogP contribution in [0.1, 0.15) is 39.2 Å². The van der Waals surface area contributed by atoms with Gasteiger partial charge in [-0.3, -0.25) is 4.79 Å². The fourth-order valence-electron chi connectivity index (χ4n) is 2.42. The SMILES string of the molecule is CSC1CCC(Nc2cnn(C(C)C)c(=O)c2Cl)C1. The summed E-state index contributed by atoms with van der Waals surface area (Å²) in [6.45, 7) is 3.83. The van der Waals surface area contributed by atoms with Crippen LogP contribution in [0.3, 0.4) is 0 Å². The van der Waals surface area contributed by atoms with Crippen LogP contribution in [0, 0.1) is 0 Å². The number of nitrogens with zero attached hydrogens (tertiary/aromatic N) is 2. The van der Waals surface area contributed by atoms with E-state index in [0.29, 0.717) is 17.0 Å². The molecule has 1 heterocycles. The summed E-state index contributed by atoms with van der Waals surface area (Å²) in [6.07, 6.45) is 7.26. The number of hydrogen-bond donors (Lipinski definition) is 1. The maximum atomic E-state index is 12.0. The van der Waals surface area contributed by atoms with Gasteiger partial charge in [-0.15, -0.1) is 0 Å². The fraction of sp³-hybridized carbons (Fsp3) is 0.692. The van der Waals surface area contributed by atoms with Crippen LogP contribution in [-0.2, 0) is 0 Å². The second-order valence-electron chi connectivity index (χ2n) is 5.23. The maximum Gasteiger partial charge on any atom is 0.287 e. The quantitative estimate of drug-likeness (QED) is 0.928. The predicted molar refractivity (Wildman–Crippen MR) is 82.5 cm³/mol. The van der Waals surface area contributed by atoms with Gasteiger partial charge in [0.2, 0.25) is 0 Å². The molecule has 2 rings (SSSR count). The number of nitrogens with one attached hydrogen (secondary N) is 1. The van der Waals surface area contributed by atoms with Gasteiger partial charge in [0.15, 0.2) is 0 Å². The number of anilines is 1. The van der Waals surface area contributed by atoms with Crippen molar-refractivity contribution in [2.45, 2.75) is 50.4 Å². The van der Waals surface area contributed by atoms with Gasteiger partial charge < -0.3 is 5.32 Å². The Bertz CT molecular complexity index is 503. The summed E-state index contributed by atoms with van der Waals surface area (Å²) in [5, 5.41) is 8.49. The zero-order valence-corrected chi connectivity index (χ0v) is 13.1. The Kier molecular flexibility index (Phi) is 4.79. The van der Waals surface area contributed by atoms with Gasteiger partial charge in [0.25, 0.3) is 5.56 Å². The van der Waals surface area contributed by atoms with E-state index < -0.39 is 0 Å². The van der Waals surface area contributed by atoms with Crippen LogP contribution in [0.5, 0.6) is 0 Å². The Balaban J connectivity index is 2.14. The largest absolute Gasteiger partial charge is 0.380 e. The summed E-state index contributed by atoms with van der Waals surface area (Å²) < 4.78 is 1.41. The minimum Gasteiger partial charge on any atom is -0.380 e. The fourth-order valence-corrected chi connectivity index (χ4v) is 3.40. The third-order valence-corrected chi connectivity index (χ3v) is 4.97. The van der Waals surface area contributed by atoms with E-state index in [1.807, 2.05) is 25.6 Å². The van der Waals surface area contributed by atoms with Crippen LogP contribution in [-0.4, -0.2) is 27.3 Å². The maximum absolute atomic E-state index is 12.0. The first kappa shape index (κ1) is 14.7. The molecule has 2 unspecified atom stereocenters. The highest BCUT2D eigenvalue weighted by atomic mass is 35.5. The molecule has 1 fully saturated rings. The highest BCUT2D eigenvalue weighted by Crippen LogP contribution is 2.31. The van der Waals surface area contributed by atoms with Crippen LogP contribution in [0.25, 0.3) is 0 Å². The summed E-state index contributed by atoms with van der Waals surface area (Å²) in [6, 6.07) is 0.414. The summed E-state index contributed by atoms with van der Waals surface area (Å²) in [5.41, 5.74) is 0.441. The van der Waals surface area contributed by atoms with Crippen LogP contribution in [0.2, 0.25) is 5.02 Å². The van der Waals surface area contributed by atoms with Gasteiger partial charge in [0, 0.05) is 11.3 Å². The van der Waals surface area contributed by atoms with Crippen molar-refractivity contribution in [2.75, 3.05) is 11.6 Å². The number of halogens is 1. The zero-order valence-electron chi connectivity index (χ0n) is 11.5. The molecule has 0 amide bonds. The van der Waals surface area contributed by atoms with Crippen molar-refractivity contribution in [3.8, 4) is 0 Å². The molecule has 6 heteroatoms. The van der Waals surface area contributed by atoms with Crippen LogP contribution in [0.15, 0.2) is 11.0 Å². The average Bonchev–Trinajstić information content (AvgIpc) is 2.82. The number of rotatable bonds is 4. The molecule has 0 bridgehead atoms. The van der Waals surface area contributed by atoms with Crippen molar-refractivity contribution in [2.24, 2.45) is 0 Å². The van der Waals surface area contributed by atoms with Crippen LogP contribution in [0.4, 0.5) is 5.69 Å². The van der Waals surface area contributed by atoms with E-state index in [2.05, 4.69) is 16.7 Å². The van der Waals surface area contributed by atoms with E-state index in [4.69, 9.17) is 11.6 Å². The molecule has 0 aromatic carbocycles. The minimum atomic E-state index is -0.221. The first-order valence-electron chi connectivity index (χ1n) is 6.59. The van der Waals surface area contributed by atoms with Crippen molar-refractivity contribution in [1.82, 2.24) is 9.78 Å². The Morgan fingerprint density at radius 3 is 2.84 bits per heavy atom. The van der Waals surface area contributed by atoms with Gasteiger partial charge in [0.05, 0.1) is 17.9 Å². The van der Waals surface area contributed by atoms with E-state index in [9.17, 15) is 4.79 Å². The Labute approximate surface area is 122 Å². The molecule has 1 aliphatic carbocycles. The molecule has 19 heavy (non-hydrogen) atoms. The molecule has 0 radical (unpaired) electrons. The van der Waals surface area contributed by atoms with Crippen molar-refractivity contribution >= 4 is 29.1 Å². The monoisotopic (exact) mass is 301 g/mol. The van der Waals surface area contributed by atoms with Gasteiger partial charge in [-0.1, -0.05) is 11.6 Å². The summed E-state index contributed by atoms with van der Waals surface area (Å²) >= 11 is 8.06. The van der Waals surface area contributed by atoms with Crippen LogP contribution >= 0.6 is 23.4 Å². The van der Waals surface area contributed by atoms with Crippen molar-refractivity contribution in [3.05, 3.63) is 21.6 Å². The zero-order chi connectivity index (χ0) is 14.0. The highest BCUT2D eigenvalue weighted by molar-refractivity contribution is 7.99. The lowest BCUT2D eigenvalue weighted by molar-refractivity contribution is 0.503. The van der Waals surface area contributed by atoms with Gasteiger partial charge >= 0.3 is 0 Å². The molecule has 4 nitrogen and oxygen atoms in total. The van der Waals surface area contributed by atoms with Gasteiger partial charge in [-0.25, -0.2) is 4.68 Å². The lowest BCUT2D eigenvalue weighted by Gasteiger charge is -2.16. The summed E-state index contributed by atoms with van der Waals surface area (Å²) in [4.78, 5) is 12.0. The van der Waals surface area contributed by atoms with Gasteiger partial charge in [-0.05, 0) is 39.4 Å². The molecule has 1 saturated carbocycles. The molecule has 0 saturated heterocycles. The summed E-state index contributed by atoms with van der Waals surface area (Å²) in [7, 11) is 0. The summed E-state index contributed by atoms with van der Waals surface area (Å²) in [5.74, 6) is 0. The Morgan fingerprint density at radius 1 is 1.53 bits per heavy atom. The van der Waals surface area contributed by atoms with Crippen molar-refractivity contribution < 1.29 is 0 Å². The predicted octanol–water partition coefficient (Wildman–Crippen LogP) is 3.17. The molecule has 0 spiro atoms. The van der Waals surface area contributed by atoms with E-state index >= 15 is 0 Å². The molecule has 2 atom stereocenters. The first-order valence-corrected chi connectivity index (χ1v) is 8.26. The standard InChI is InChI=1S/C13H20ClN3OS/c1-8(2)17-13(18)12(14)11(7-15-17)16-9-4-5-10(6-9)19-3/h7-10,16H,4-6H2,1-3H3. The molecule has 0 aliphatic heterocycles. The smallest absolute Gasteiger partial charge is 0.287 e. The van der Waals surface area contributed by atoms with Crippen LogP contribution < -0.4 is 10.9 Å². The normalized spacial score (nSPS) is 23.0. The molecule has 1 N–H and O–H groups in total. The minimum absolute atomic E-state index is 0.0198. The van der Waals surface area contributed by atoms with Gasteiger partial charge in [-0.2, -0.15) is 16.9 Å². The van der Waals surface area contributed by atoms with E-state index in [0.717, 1.165) is 12.8 Å². The number of hydrogen-bond acceptors (Lipinski definition) is 4. The molecular weight excluding hydrogens is 282 g/mol. The lowest BCUT2D eigenvalue weighted by Crippen LogP contribution is -2.27. The van der Waals surface area contributed by atoms with E-state index in [1.165, 1.54) is 11.1 Å². The second kappa shape index (κ2) is 6.18. The molecule has 1 aromatic rings. The number of thioether (sulfide) groups is 1. The van der Waals surface area contributed by atoms with E-state index in [-0.39, 0.29) is 16.6 Å². The van der Waals surface area contributed by atoms with Crippen molar-refractivity contribution in [3.63, 3.8) is 0 Å². The molecular formula is C13H20ClN3OS. The third kappa shape index (κ3) is 3.26. The molecule has 106 valence electrons.